The highest BCUT2D eigenvalue weighted by Gasteiger charge is 2.34. The predicted molar refractivity (Wildman–Crippen MR) is 102 cm³/mol. The van der Waals surface area contributed by atoms with Crippen LogP contribution in [0.4, 0.5) is 11.5 Å². The molecule has 1 unspecified atom stereocenters. The largest absolute Gasteiger partial charge is 0.324 e. The molecule has 4 rings (SSSR count). The zero-order chi connectivity index (χ0) is 17.4. The highest BCUT2D eigenvalue weighted by molar-refractivity contribution is 5.68. The zero-order valence-corrected chi connectivity index (χ0v) is 15.0. The lowest BCUT2D eigenvalue weighted by Crippen LogP contribution is -2.19. The van der Waals surface area contributed by atoms with E-state index in [1.54, 1.807) is 0 Å². The molecule has 2 heterocycles. The van der Waals surface area contributed by atoms with Crippen molar-refractivity contribution in [3.8, 4) is 0 Å². The van der Waals surface area contributed by atoms with E-state index in [0.29, 0.717) is 0 Å². The molecule has 25 heavy (non-hydrogen) atoms. The standard InChI is InChI=1S/C22H23N3/c1-22(2,3)19-14-23-20-18(16-10-6-4-7-11-16)15-25(21(20)24-19)17-12-8-5-9-13-17/h4-14,18H,15H2,1-3H3. The van der Waals surface area contributed by atoms with Crippen molar-refractivity contribution >= 4 is 11.5 Å². The Morgan fingerprint density at radius 1 is 0.920 bits per heavy atom. The quantitative estimate of drug-likeness (QED) is 0.658. The molecule has 0 amide bonds. The number of aromatic nitrogens is 2. The van der Waals surface area contributed by atoms with E-state index in [4.69, 9.17) is 9.97 Å². The maximum atomic E-state index is 5.02. The average molecular weight is 329 g/mol. The van der Waals surface area contributed by atoms with Gasteiger partial charge >= 0.3 is 0 Å². The van der Waals surface area contributed by atoms with E-state index < -0.39 is 0 Å². The van der Waals surface area contributed by atoms with Crippen molar-refractivity contribution in [3.05, 3.63) is 83.8 Å². The first-order valence-electron chi connectivity index (χ1n) is 8.79. The Labute approximate surface area is 149 Å². The van der Waals surface area contributed by atoms with Crippen molar-refractivity contribution in [2.45, 2.75) is 32.1 Å². The van der Waals surface area contributed by atoms with Crippen molar-refractivity contribution in [2.75, 3.05) is 11.4 Å². The molecular weight excluding hydrogens is 306 g/mol. The van der Waals surface area contributed by atoms with Gasteiger partial charge in [0.15, 0.2) is 5.82 Å². The number of anilines is 2. The summed E-state index contributed by atoms with van der Waals surface area (Å²) in [7, 11) is 0. The Morgan fingerprint density at radius 2 is 1.56 bits per heavy atom. The van der Waals surface area contributed by atoms with E-state index in [0.717, 1.165) is 23.8 Å². The maximum absolute atomic E-state index is 5.02. The summed E-state index contributed by atoms with van der Waals surface area (Å²) in [5.74, 6) is 1.24. The van der Waals surface area contributed by atoms with Gasteiger partial charge in [0.1, 0.15) is 0 Å². The van der Waals surface area contributed by atoms with Crippen molar-refractivity contribution in [2.24, 2.45) is 0 Å². The van der Waals surface area contributed by atoms with Gasteiger partial charge in [0, 0.05) is 29.8 Å². The second-order valence-electron chi connectivity index (χ2n) is 7.62. The van der Waals surface area contributed by atoms with Crippen molar-refractivity contribution in [1.29, 1.82) is 0 Å². The Balaban J connectivity index is 1.85. The molecule has 1 aromatic heterocycles. The average Bonchev–Trinajstić information content (AvgIpc) is 3.01. The molecule has 3 aromatic rings. The van der Waals surface area contributed by atoms with Gasteiger partial charge in [-0.2, -0.15) is 0 Å². The summed E-state index contributed by atoms with van der Waals surface area (Å²) in [6, 6.07) is 21.1. The number of hydrogen-bond donors (Lipinski definition) is 0. The summed E-state index contributed by atoms with van der Waals surface area (Å²) in [6.07, 6.45) is 1.95. The Bertz CT molecular complexity index is 867. The van der Waals surface area contributed by atoms with E-state index in [1.807, 2.05) is 12.3 Å². The zero-order valence-electron chi connectivity index (χ0n) is 15.0. The van der Waals surface area contributed by atoms with Gasteiger partial charge in [-0.1, -0.05) is 69.3 Å². The van der Waals surface area contributed by atoms with E-state index in [1.165, 1.54) is 11.3 Å². The lowest BCUT2D eigenvalue weighted by molar-refractivity contribution is 0.565. The number of hydrogen-bond acceptors (Lipinski definition) is 3. The fourth-order valence-electron chi connectivity index (χ4n) is 3.33. The van der Waals surface area contributed by atoms with Gasteiger partial charge in [0.2, 0.25) is 0 Å². The van der Waals surface area contributed by atoms with Crippen LogP contribution in [-0.2, 0) is 5.41 Å². The third-order valence-corrected chi connectivity index (χ3v) is 4.77. The van der Waals surface area contributed by atoms with Gasteiger partial charge < -0.3 is 4.90 Å². The Kier molecular flexibility index (Phi) is 3.79. The van der Waals surface area contributed by atoms with Crippen LogP contribution in [0, 0.1) is 0 Å². The van der Waals surface area contributed by atoms with Crippen LogP contribution in [0.25, 0.3) is 0 Å². The molecule has 3 nitrogen and oxygen atoms in total. The molecule has 126 valence electrons. The molecule has 1 atom stereocenters. The molecule has 0 spiro atoms. The summed E-state index contributed by atoms with van der Waals surface area (Å²) in [4.78, 5) is 12.2. The molecule has 2 aromatic carbocycles. The van der Waals surface area contributed by atoms with Crippen LogP contribution in [0.3, 0.4) is 0 Å². The van der Waals surface area contributed by atoms with Crippen LogP contribution in [0.15, 0.2) is 66.9 Å². The van der Waals surface area contributed by atoms with Gasteiger partial charge in [0.25, 0.3) is 0 Å². The molecule has 0 aliphatic carbocycles. The molecule has 0 saturated heterocycles. The number of benzene rings is 2. The minimum atomic E-state index is -0.0186. The number of rotatable bonds is 2. The van der Waals surface area contributed by atoms with Gasteiger partial charge in [0.05, 0.1) is 11.4 Å². The summed E-state index contributed by atoms with van der Waals surface area (Å²) in [6.45, 7) is 7.41. The molecular formula is C22H23N3. The van der Waals surface area contributed by atoms with Crippen LogP contribution in [0.1, 0.15) is 43.6 Å². The van der Waals surface area contributed by atoms with E-state index in [-0.39, 0.29) is 11.3 Å². The second kappa shape index (κ2) is 5.99. The first-order valence-corrected chi connectivity index (χ1v) is 8.79. The Hall–Kier alpha value is -2.68. The smallest absolute Gasteiger partial charge is 0.155 e. The molecule has 0 N–H and O–H groups in total. The lowest BCUT2D eigenvalue weighted by Gasteiger charge is -2.22. The highest BCUT2D eigenvalue weighted by atomic mass is 15.2. The third kappa shape index (κ3) is 2.91. The van der Waals surface area contributed by atoms with Crippen molar-refractivity contribution in [3.63, 3.8) is 0 Å². The highest BCUT2D eigenvalue weighted by Crippen LogP contribution is 2.42. The molecule has 0 bridgehead atoms. The van der Waals surface area contributed by atoms with E-state index in [2.05, 4.69) is 80.3 Å². The first-order chi connectivity index (χ1) is 12.0. The van der Waals surface area contributed by atoms with Gasteiger partial charge in [-0.15, -0.1) is 0 Å². The number of nitrogens with zero attached hydrogens (tertiary/aromatic N) is 3. The fourth-order valence-corrected chi connectivity index (χ4v) is 3.33. The first kappa shape index (κ1) is 15.8. The normalized spacial score (nSPS) is 16.8. The fraction of sp³-hybridized carbons (Fsp3) is 0.273. The van der Waals surface area contributed by atoms with Crippen LogP contribution in [-0.4, -0.2) is 16.5 Å². The molecule has 1 aliphatic rings. The summed E-state index contributed by atoms with van der Waals surface area (Å²) in [5, 5.41) is 0. The van der Waals surface area contributed by atoms with Gasteiger partial charge in [-0.05, 0) is 17.7 Å². The van der Waals surface area contributed by atoms with Crippen molar-refractivity contribution in [1.82, 2.24) is 9.97 Å². The SMILES string of the molecule is CC(C)(C)c1cnc2c(n1)N(c1ccccc1)CC2c1ccccc1. The monoisotopic (exact) mass is 329 g/mol. The second-order valence-corrected chi connectivity index (χ2v) is 7.62. The molecule has 3 heteroatoms. The maximum Gasteiger partial charge on any atom is 0.155 e. The van der Waals surface area contributed by atoms with Gasteiger partial charge in [-0.25, -0.2) is 4.98 Å². The summed E-state index contributed by atoms with van der Waals surface area (Å²) in [5.41, 5.74) is 4.54. The molecule has 0 radical (unpaired) electrons. The van der Waals surface area contributed by atoms with Crippen molar-refractivity contribution < 1.29 is 0 Å². The van der Waals surface area contributed by atoms with Crippen LogP contribution in [0.5, 0.6) is 0 Å². The summed E-state index contributed by atoms with van der Waals surface area (Å²) >= 11 is 0. The van der Waals surface area contributed by atoms with E-state index >= 15 is 0 Å². The lowest BCUT2D eigenvalue weighted by atomic mass is 9.92. The van der Waals surface area contributed by atoms with Gasteiger partial charge in [-0.3, -0.25) is 4.98 Å². The molecule has 0 saturated carbocycles. The van der Waals surface area contributed by atoms with Crippen LogP contribution < -0.4 is 4.90 Å². The third-order valence-electron chi connectivity index (χ3n) is 4.77. The van der Waals surface area contributed by atoms with Crippen LogP contribution in [0.2, 0.25) is 0 Å². The number of fused-ring (bicyclic) bond motifs is 1. The summed E-state index contributed by atoms with van der Waals surface area (Å²) < 4.78 is 0. The molecule has 1 aliphatic heterocycles. The van der Waals surface area contributed by atoms with Crippen LogP contribution >= 0.6 is 0 Å². The topological polar surface area (TPSA) is 29.0 Å². The number of para-hydroxylation sites is 1. The minimum absolute atomic E-state index is 0.0186. The van der Waals surface area contributed by atoms with E-state index in [9.17, 15) is 0 Å². The minimum Gasteiger partial charge on any atom is -0.324 e. The predicted octanol–water partition coefficient (Wildman–Crippen LogP) is 5.06. The Morgan fingerprint density at radius 3 is 2.20 bits per heavy atom. The molecule has 0 fully saturated rings.